The summed E-state index contributed by atoms with van der Waals surface area (Å²) in [5.41, 5.74) is -0.529. The van der Waals surface area contributed by atoms with Gasteiger partial charge in [-0.25, -0.2) is 17.6 Å². The monoisotopic (exact) mass is 413 g/mol. The van der Waals surface area contributed by atoms with Crippen LogP contribution in [-0.4, -0.2) is 44.2 Å². The molecule has 0 N–H and O–H groups in total. The van der Waals surface area contributed by atoms with E-state index in [0.29, 0.717) is 4.88 Å². The number of sulfonamides is 1. The number of halogens is 1. The Morgan fingerprint density at radius 3 is 2.37 bits per heavy atom. The molecule has 0 saturated heterocycles. The number of nitrogens with zero attached hydrogens (tertiary/aromatic N) is 1. The third-order valence-electron chi connectivity index (χ3n) is 3.85. The van der Waals surface area contributed by atoms with Crippen molar-refractivity contribution >= 4 is 33.1 Å². The Labute approximate surface area is 161 Å². The lowest BCUT2D eigenvalue weighted by Gasteiger charge is -2.18. The van der Waals surface area contributed by atoms with Gasteiger partial charge in [-0.15, -0.1) is 11.3 Å². The van der Waals surface area contributed by atoms with Gasteiger partial charge in [-0.3, -0.25) is 4.79 Å². The maximum absolute atomic E-state index is 14.0. The van der Waals surface area contributed by atoms with Gasteiger partial charge < -0.3 is 4.74 Å². The lowest BCUT2D eigenvalue weighted by molar-refractivity contribution is 0.0471. The second-order valence-corrected chi connectivity index (χ2v) is 8.87. The van der Waals surface area contributed by atoms with E-state index in [4.69, 9.17) is 4.74 Å². The first-order chi connectivity index (χ1) is 12.7. The number of aryl methyl sites for hydroxylation is 1. The van der Waals surface area contributed by atoms with Crippen LogP contribution in [0.25, 0.3) is 0 Å². The SMILES string of the molecule is CCN(CC)S(=O)(=O)c1ccc(F)c(C(=O)OCC(=O)c2ccc(C)s2)c1. The Morgan fingerprint density at radius 2 is 1.81 bits per heavy atom. The molecule has 0 spiro atoms. The minimum Gasteiger partial charge on any atom is -0.454 e. The van der Waals surface area contributed by atoms with E-state index in [1.807, 2.05) is 6.92 Å². The van der Waals surface area contributed by atoms with Crippen molar-refractivity contribution in [2.24, 2.45) is 0 Å². The highest BCUT2D eigenvalue weighted by atomic mass is 32.2. The van der Waals surface area contributed by atoms with Gasteiger partial charge in [-0.05, 0) is 37.3 Å². The zero-order valence-corrected chi connectivity index (χ0v) is 16.8. The number of Topliss-reactive ketones (excluding diaryl/α,β-unsaturated/α-hetero) is 1. The van der Waals surface area contributed by atoms with E-state index >= 15 is 0 Å². The quantitative estimate of drug-likeness (QED) is 0.490. The summed E-state index contributed by atoms with van der Waals surface area (Å²) in [5, 5.41) is 0. The summed E-state index contributed by atoms with van der Waals surface area (Å²) in [6.45, 7) is 5.13. The number of hydrogen-bond donors (Lipinski definition) is 0. The second kappa shape index (κ2) is 8.73. The van der Waals surface area contributed by atoms with Crippen LogP contribution in [0.4, 0.5) is 4.39 Å². The maximum Gasteiger partial charge on any atom is 0.341 e. The fourth-order valence-corrected chi connectivity index (χ4v) is 4.67. The zero-order valence-electron chi connectivity index (χ0n) is 15.2. The number of ether oxygens (including phenoxy) is 1. The van der Waals surface area contributed by atoms with Gasteiger partial charge in [0.2, 0.25) is 15.8 Å². The van der Waals surface area contributed by atoms with E-state index in [1.165, 1.54) is 15.6 Å². The van der Waals surface area contributed by atoms with Crippen LogP contribution < -0.4 is 0 Å². The number of esters is 1. The highest BCUT2D eigenvalue weighted by Gasteiger charge is 2.25. The molecule has 27 heavy (non-hydrogen) atoms. The van der Waals surface area contributed by atoms with Crippen molar-refractivity contribution in [3.05, 3.63) is 51.5 Å². The summed E-state index contributed by atoms with van der Waals surface area (Å²) in [6, 6.07) is 6.32. The molecule has 6 nitrogen and oxygen atoms in total. The Hall–Kier alpha value is -2.10. The first kappa shape index (κ1) is 21.2. The van der Waals surface area contributed by atoms with E-state index in [9.17, 15) is 22.4 Å². The van der Waals surface area contributed by atoms with Crippen LogP contribution in [0.5, 0.6) is 0 Å². The lowest BCUT2D eigenvalue weighted by atomic mass is 10.2. The van der Waals surface area contributed by atoms with E-state index in [0.717, 1.165) is 23.1 Å². The third-order valence-corrected chi connectivity index (χ3v) is 6.94. The van der Waals surface area contributed by atoms with E-state index < -0.39 is 39.8 Å². The van der Waals surface area contributed by atoms with Gasteiger partial charge in [0.05, 0.1) is 15.3 Å². The van der Waals surface area contributed by atoms with E-state index in [1.54, 1.807) is 26.0 Å². The van der Waals surface area contributed by atoms with Crippen LogP contribution in [-0.2, 0) is 14.8 Å². The van der Waals surface area contributed by atoms with Gasteiger partial charge in [0.25, 0.3) is 0 Å². The molecule has 0 aliphatic heterocycles. The Morgan fingerprint density at radius 1 is 1.15 bits per heavy atom. The minimum atomic E-state index is -3.85. The van der Waals surface area contributed by atoms with Gasteiger partial charge >= 0.3 is 5.97 Å². The number of ketones is 1. The van der Waals surface area contributed by atoms with Crippen molar-refractivity contribution in [3.63, 3.8) is 0 Å². The second-order valence-electron chi connectivity index (χ2n) is 5.64. The van der Waals surface area contributed by atoms with Crippen molar-refractivity contribution in [1.29, 1.82) is 0 Å². The fraction of sp³-hybridized carbons (Fsp3) is 0.333. The molecule has 0 amide bonds. The molecule has 0 fully saturated rings. The Balaban J connectivity index is 2.20. The summed E-state index contributed by atoms with van der Waals surface area (Å²) in [4.78, 5) is 25.3. The normalized spacial score (nSPS) is 11.6. The molecule has 0 saturated carbocycles. The Bertz CT molecular complexity index is 948. The topological polar surface area (TPSA) is 80.8 Å². The van der Waals surface area contributed by atoms with Gasteiger partial charge in [0.15, 0.2) is 6.61 Å². The minimum absolute atomic E-state index is 0.209. The maximum atomic E-state index is 14.0. The lowest BCUT2D eigenvalue weighted by Crippen LogP contribution is -2.30. The van der Waals surface area contributed by atoms with Crippen LogP contribution in [0.2, 0.25) is 0 Å². The van der Waals surface area contributed by atoms with Gasteiger partial charge in [-0.2, -0.15) is 4.31 Å². The number of thiophene rings is 1. The molecule has 0 unspecified atom stereocenters. The molecule has 0 radical (unpaired) electrons. The molecule has 1 heterocycles. The van der Waals surface area contributed by atoms with Crippen LogP contribution in [0.15, 0.2) is 35.2 Å². The molecule has 1 aromatic carbocycles. The molecular weight excluding hydrogens is 393 g/mol. The molecule has 0 atom stereocenters. The molecule has 2 rings (SSSR count). The number of benzene rings is 1. The van der Waals surface area contributed by atoms with Crippen molar-refractivity contribution in [2.45, 2.75) is 25.7 Å². The summed E-state index contributed by atoms with van der Waals surface area (Å²) in [7, 11) is -3.85. The van der Waals surface area contributed by atoms with Crippen LogP contribution in [0.3, 0.4) is 0 Å². The van der Waals surface area contributed by atoms with Crippen molar-refractivity contribution in [1.82, 2.24) is 4.31 Å². The van der Waals surface area contributed by atoms with Crippen molar-refractivity contribution in [3.8, 4) is 0 Å². The summed E-state index contributed by atoms with van der Waals surface area (Å²) >= 11 is 1.26. The molecule has 0 aliphatic carbocycles. The molecule has 0 bridgehead atoms. The van der Waals surface area contributed by atoms with Gasteiger partial charge in [0, 0.05) is 18.0 Å². The first-order valence-electron chi connectivity index (χ1n) is 8.27. The van der Waals surface area contributed by atoms with Crippen LogP contribution in [0, 0.1) is 12.7 Å². The number of rotatable bonds is 8. The summed E-state index contributed by atoms with van der Waals surface area (Å²) in [6.07, 6.45) is 0. The molecule has 2 aromatic rings. The van der Waals surface area contributed by atoms with Crippen LogP contribution in [0.1, 0.15) is 38.8 Å². The largest absolute Gasteiger partial charge is 0.454 e. The van der Waals surface area contributed by atoms with Crippen molar-refractivity contribution < 1.29 is 27.1 Å². The standard InChI is InChI=1S/C18H20FNO5S2/c1-4-20(5-2)27(23,24)13-7-8-15(19)14(10-13)18(22)25-11-16(21)17-9-6-12(3)26-17/h6-10H,4-5,11H2,1-3H3. The van der Waals surface area contributed by atoms with E-state index in [2.05, 4.69) is 0 Å². The molecule has 1 aromatic heterocycles. The fourth-order valence-electron chi connectivity index (χ4n) is 2.40. The summed E-state index contributed by atoms with van der Waals surface area (Å²) < 4.78 is 45.2. The number of hydrogen-bond acceptors (Lipinski definition) is 6. The molecule has 0 aliphatic rings. The molecule has 9 heteroatoms. The van der Waals surface area contributed by atoms with Crippen molar-refractivity contribution in [2.75, 3.05) is 19.7 Å². The Kier molecular flexibility index (Phi) is 6.85. The predicted molar refractivity (Wildman–Crippen MR) is 100 cm³/mol. The smallest absolute Gasteiger partial charge is 0.341 e. The van der Waals surface area contributed by atoms with E-state index in [-0.39, 0.29) is 18.0 Å². The average molecular weight is 413 g/mol. The first-order valence-corrected chi connectivity index (χ1v) is 10.5. The highest BCUT2D eigenvalue weighted by Crippen LogP contribution is 2.20. The summed E-state index contributed by atoms with van der Waals surface area (Å²) in [5.74, 6) is -2.42. The van der Waals surface area contributed by atoms with Gasteiger partial charge in [0.1, 0.15) is 5.82 Å². The molecular formula is C18H20FNO5S2. The van der Waals surface area contributed by atoms with Gasteiger partial charge in [-0.1, -0.05) is 13.8 Å². The number of carbonyl (C=O) groups excluding carboxylic acids is 2. The molecule has 146 valence electrons. The highest BCUT2D eigenvalue weighted by molar-refractivity contribution is 7.89. The zero-order chi connectivity index (χ0) is 20.2. The van der Waals surface area contributed by atoms with Crippen LogP contribution >= 0.6 is 11.3 Å². The third kappa shape index (κ3) is 4.79. The average Bonchev–Trinajstić information content (AvgIpc) is 3.07. The number of carbonyl (C=O) groups is 2. The predicted octanol–water partition coefficient (Wildman–Crippen LogP) is 3.27.